The molecule has 1 aliphatic carbocycles. The van der Waals surface area contributed by atoms with Gasteiger partial charge in [-0.1, -0.05) is 51.2 Å². The van der Waals surface area contributed by atoms with Gasteiger partial charge in [-0.3, -0.25) is 4.79 Å². The van der Waals surface area contributed by atoms with Crippen molar-refractivity contribution < 1.29 is 0 Å². The average molecular weight is 377 g/mol. The van der Waals surface area contributed by atoms with Crippen LogP contribution in [0.25, 0.3) is 22.3 Å². The zero-order chi connectivity index (χ0) is 20.3. The van der Waals surface area contributed by atoms with Gasteiger partial charge in [0.25, 0.3) is 5.56 Å². The fourth-order valence-electron chi connectivity index (χ4n) is 3.25. The average Bonchev–Trinajstić information content (AvgIpc) is 3.04. The van der Waals surface area contributed by atoms with Crippen LogP contribution in [0.4, 0.5) is 0 Å². The SMILES string of the molecule is C/C=C\N/C=C(\C)c1cn(C2=C/C(C)(C)/C=C\C(C)/C=C\2)c2c(=O)[nH]cnc12. The van der Waals surface area contributed by atoms with E-state index in [2.05, 4.69) is 66.4 Å². The Morgan fingerprint density at radius 2 is 2.14 bits per heavy atom. The van der Waals surface area contributed by atoms with Gasteiger partial charge in [-0.2, -0.15) is 0 Å². The molecule has 28 heavy (non-hydrogen) atoms. The number of aromatic amines is 1. The number of nitrogens with zero attached hydrogens (tertiary/aromatic N) is 2. The van der Waals surface area contributed by atoms with E-state index in [1.54, 1.807) is 0 Å². The molecule has 2 aromatic heterocycles. The molecular weight excluding hydrogens is 348 g/mol. The molecule has 0 aliphatic heterocycles. The van der Waals surface area contributed by atoms with Gasteiger partial charge in [0, 0.05) is 29.1 Å². The van der Waals surface area contributed by atoms with E-state index in [0.29, 0.717) is 17.0 Å². The molecule has 0 radical (unpaired) electrons. The summed E-state index contributed by atoms with van der Waals surface area (Å²) in [5, 5.41) is 3.14. The fourth-order valence-corrected chi connectivity index (χ4v) is 3.25. The Labute approximate surface area is 165 Å². The predicted octanol–water partition coefficient (Wildman–Crippen LogP) is 4.84. The van der Waals surface area contributed by atoms with E-state index >= 15 is 0 Å². The first-order valence-corrected chi connectivity index (χ1v) is 9.56. The number of H-pyrrole nitrogens is 1. The quantitative estimate of drug-likeness (QED) is 0.751. The molecule has 0 fully saturated rings. The van der Waals surface area contributed by atoms with Crippen molar-refractivity contribution in [3.63, 3.8) is 0 Å². The second-order valence-electron chi connectivity index (χ2n) is 7.80. The molecule has 0 aromatic carbocycles. The molecule has 0 amide bonds. The number of hydrogen-bond acceptors (Lipinski definition) is 3. The van der Waals surface area contributed by atoms with Crippen molar-refractivity contribution in [1.29, 1.82) is 0 Å². The molecule has 5 heteroatoms. The molecule has 3 rings (SSSR count). The number of aromatic nitrogens is 3. The monoisotopic (exact) mass is 376 g/mol. The maximum atomic E-state index is 12.7. The lowest BCUT2D eigenvalue weighted by atomic mass is 9.88. The van der Waals surface area contributed by atoms with Crippen LogP contribution in [0, 0.1) is 11.3 Å². The van der Waals surface area contributed by atoms with E-state index < -0.39 is 0 Å². The Kier molecular flexibility index (Phi) is 5.54. The van der Waals surface area contributed by atoms with Crippen molar-refractivity contribution in [2.45, 2.75) is 34.6 Å². The van der Waals surface area contributed by atoms with Gasteiger partial charge in [-0.15, -0.1) is 0 Å². The zero-order valence-corrected chi connectivity index (χ0v) is 17.2. The molecule has 1 aliphatic rings. The molecule has 2 heterocycles. The first-order valence-electron chi connectivity index (χ1n) is 9.56. The van der Waals surface area contributed by atoms with Gasteiger partial charge in [-0.05, 0) is 37.6 Å². The van der Waals surface area contributed by atoms with Crippen LogP contribution < -0.4 is 10.9 Å². The highest BCUT2D eigenvalue weighted by molar-refractivity contribution is 5.91. The second kappa shape index (κ2) is 7.89. The largest absolute Gasteiger partial charge is 0.368 e. The van der Waals surface area contributed by atoms with Crippen LogP contribution >= 0.6 is 0 Å². The third kappa shape index (κ3) is 4.09. The molecule has 2 N–H and O–H groups in total. The lowest BCUT2D eigenvalue weighted by molar-refractivity contribution is 0.618. The van der Waals surface area contributed by atoms with Crippen molar-refractivity contribution in [2.75, 3.05) is 0 Å². The van der Waals surface area contributed by atoms with Gasteiger partial charge in [0.05, 0.1) is 6.33 Å². The highest BCUT2D eigenvalue weighted by Gasteiger charge is 2.19. The molecule has 0 bridgehead atoms. The molecule has 1 unspecified atom stereocenters. The van der Waals surface area contributed by atoms with Gasteiger partial charge < -0.3 is 14.9 Å². The van der Waals surface area contributed by atoms with Gasteiger partial charge in [0.2, 0.25) is 0 Å². The minimum atomic E-state index is -0.150. The van der Waals surface area contributed by atoms with E-state index in [4.69, 9.17) is 0 Å². The predicted molar refractivity (Wildman–Crippen MR) is 117 cm³/mol. The second-order valence-corrected chi connectivity index (χ2v) is 7.80. The summed E-state index contributed by atoms with van der Waals surface area (Å²) in [6.45, 7) is 10.4. The Morgan fingerprint density at radius 3 is 2.89 bits per heavy atom. The van der Waals surface area contributed by atoms with Crippen molar-refractivity contribution in [1.82, 2.24) is 19.9 Å². The van der Waals surface area contributed by atoms with Crippen molar-refractivity contribution in [2.24, 2.45) is 11.3 Å². The van der Waals surface area contributed by atoms with E-state index in [-0.39, 0.29) is 11.0 Å². The third-order valence-corrected chi connectivity index (χ3v) is 4.77. The van der Waals surface area contributed by atoms with Crippen LogP contribution in [0.1, 0.15) is 40.2 Å². The summed E-state index contributed by atoms with van der Waals surface area (Å²) < 4.78 is 1.95. The third-order valence-electron chi connectivity index (χ3n) is 4.77. The van der Waals surface area contributed by atoms with Crippen LogP contribution in [-0.4, -0.2) is 14.5 Å². The van der Waals surface area contributed by atoms with Crippen LogP contribution in [0.2, 0.25) is 0 Å². The van der Waals surface area contributed by atoms with Crippen molar-refractivity contribution in [3.05, 3.63) is 77.3 Å². The minimum absolute atomic E-state index is 0.127. The summed E-state index contributed by atoms with van der Waals surface area (Å²) in [6.07, 6.45) is 20.0. The maximum absolute atomic E-state index is 12.7. The first kappa shape index (κ1) is 19.7. The van der Waals surface area contributed by atoms with Gasteiger partial charge in [0.1, 0.15) is 11.0 Å². The van der Waals surface area contributed by atoms with E-state index in [1.807, 2.05) is 43.1 Å². The molecule has 1 atom stereocenters. The number of hydrogen-bond donors (Lipinski definition) is 2. The Bertz CT molecular complexity index is 1070. The fraction of sp³-hybridized carbons (Fsp3) is 0.304. The van der Waals surface area contributed by atoms with Gasteiger partial charge >= 0.3 is 0 Å². The summed E-state index contributed by atoms with van der Waals surface area (Å²) in [5.74, 6) is 0.326. The Morgan fingerprint density at radius 1 is 1.36 bits per heavy atom. The van der Waals surface area contributed by atoms with Crippen molar-refractivity contribution >= 4 is 22.3 Å². The highest BCUT2D eigenvalue weighted by atomic mass is 16.1. The number of fused-ring (bicyclic) bond motifs is 1. The summed E-state index contributed by atoms with van der Waals surface area (Å²) in [7, 11) is 0. The molecule has 146 valence electrons. The number of rotatable bonds is 4. The molecule has 0 saturated heterocycles. The zero-order valence-electron chi connectivity index (χ0n) is 17.2. The number of allylic oxidation sites excluding steroid dienone is 8. The lowest BCUT2D eigenvalue weighted by Crippen LogP contribution is -2.13. The normalized spacial score (nSPS) is 23.8. The van der Waals surface area contributed by atoms with Gasteiger partial charge in [0.15, 0.2) is 0 Å². The lowest BCUT2D eigenvalue weighted by Gasteiger charge is -2.20. The van der Waals surface area contributed by atoms with Crippen LogP contribution in [0.5, 0.6) is 0 Å². The minimum Gasteiger partial charge on any atom is -0.368 e. The summed E-state index contributed by atoms with van der Waals surface area (Å²) in [5.41, 5.74) is 3.86. The Hall–Kier alpha value is -3.08. The van der Waals surface area contributed by atoms with Crippen LogP contribution in [0.15, 0.2) is 66.2 Å². The standard InChI is InChI=1S/C23H28N4O/c1-6-11-24-13-17(3)19-14-27(21-20(19)25-15-26-22(21)28)18-8-7-16(2)9-10-23(4,5)12-18/h6-16,24H,1-5H3,(H,25,26,28)/b8-7-,10-9-,11-6-,17-13+,18-12+. The van der Waals surface area contributed by atoms with Gasteiger partial charge in [-0.25, -0.2) is 4.98 Å². The van der Waals surface area contributed by atoms with Crippen LogP contribution in [-0.2, 0) is 0 Å². The Balaban J connectivity index is 2.24. The maximum Gasteiger partial charge on any atom is 0.275 e. The molecule has 0 spiro atoms. The highest BCUT2D eigenvalue weighted by Crippen LogP contribution is 2.31. The molecular formula is C23H28N4O. The van der Waals surface area contributed by atoms with E-state index in [1.165, 1.54) is 6.33 Å². The summed E-state index contributed by atoms with van der Waals surface area (Å²) in [4.78, 5) is 19.9. The van der Waals surface area contributed by atoms with Crippen molar-refractivity contribution in [3.8, 4) is 0 Å². The van der Waals surface area contributed by atoms with Crippen LogP contribution in [0.3, 0.4) is 0 Å². The smallest absolute Gasteiger partial charge is 0.275 e. The van der Waals surface area contributed by atoms with E-state index in [0.717, 1.165) is 16.8 Å². The topological polar surface area (TPSA) is 62.7 Å². The number of nitrogens with one attached hydrogen (secondary N) is 2. The summed E-state index contributed by atoms with van der Waals surface area (Å²) in [6, 6.07) is 0. The first-order chi connectivity index (χ1) is 13.3. The molecule has 0 saturated carbocycles. The van der Waals surface area contributed by atoms with E-state index in [9.17, 15) is 4.79 Å². The summed E-state index contributed by atoms with van der Waals surface area (Å²) >= 11 is 0. The molecule has 5 nitrogen and oxygen atoms in total. The molecule has 2 aromatic rings.